The molecule has 0 aromatic rings. The van der Waals surface area contributed by atoms with Crippen LogP contribution in [0, 0.1) is 5.92 Å². The summed E-state index contributed by atoms with van der Waals surface area (Å²) in [5.41, 5.74) is 0. The zero-order valence-electron chi connectivity index (χ0n) is 14.7. The number of nitrogens with zero attached hydrogens (tertiary/aromatic N) is 3. The number of rotatable bonds is 5. The number of alkyl halides is 3. The van der Waals surface area contributed by atoms with Crippen molar-refractivity contribution in [3.05, 3.63) is 0 Å². The van der Waals surface area contributed by atoms with Crippen molar-refractivity contribution < 1.29 is 13.2 Å². The maximum absolute atomic E-state index is 12.4. The molecular formula is C16H30F3N5. The van der Waals surface area contributed by atoms with Crippen molar-refractivity contribution in [1.29, 1.82) is 0 Å². The number of hydrogen-bond donors (Lipinski definition) is 2. The van der Waals surface area contributed by atoms with Gasteiger partial charge in [0.25, 0.3) is 0 Å². The van der Waals surface area contributed by atoms with E-state index in [1.807, 2.05) is 0 Å². The monoisotopic (exact) mass is 349 g/mol. The van der Waals surface area contributed by atoms with Crippen LogP contribution in [0.1, 0.15) is 26.2 Å². The zero-order chi connectivity index (χ0) is 17.6. The van der Waals surface area contributed by atoms with Gasteiger partial charge < -0.3 is 15.5 Å². The van der Waals surface area contributed by atoms with Crippen LogP contribution < -0.4 is 10.6 Å². The van der Waals surface area contributed by atoms with E-state index in [9.17, 15) is 13.2 Å². The van der Waals surface area contributed by atoms with Crippen LogP contribution in [0.15, 0.2) is 4.99 Å². The molecule has 2 saturated heterocycles. The molecule has 2 N–H and O–H groups in total. The first-order chi connectivity index (χ1) is 11.4. The molecule has 0 radical (unpaired) electrons. The van der Waals surface area contributed by atoms with Crippen LogP contribution in [0.2, 0.25) is 0 Å². The Kier molecular flexibility index (Phi) is 7.16. The maximum atomic E-state index is 12.4. The Balaban J connectivity index is 1.64. The van der Waals surface area contributed by atoms with Crippen molar-refractivity contribution in [2.45, 2.75) is 38.4 Å². The second kappa shape index (κ2) is 8.89. The highest BCUT2D eigenvalue weighted by molar-refractivity contribution is 5.80. The van der Waals surface area contributed by atoms with Crippen molar-refractivity contribution in [3.63, 3.8) is 0 Å². The molecule has 2 fully saturated rings. The zero-order valence-corrected chi connectivity index (χ0v) is 14.7. The minimum absolute atomic E-state index is 0.0226. The van der Waals surface area contributed by atoms with Gasteiger partial charge in [-0.15, -0.1) is 0 Å². The van der Waals surface area contributed by atoms with Crippen LogP contribution >= 0.6 is 0 Å². The lowest BCUT2D eigenvalue weighted by atomic mass is 9.99. The molecule has 2 heterocycles. The van der Waals surface area contributed by atoms with E-state index in [1.165, 1.54) is 17.7 Å². The van der Waals surface area contributed by atoms with Crippen LogP contribution in [-0.2, 0) is 0 Å². The molecule has 0 aromatic carbocycles. The molecule has 0 spiro atoms. The lowest BCUT2D eigenvalue weighted by Gasteiger charge is -2.30. The summed E-state index contributed by atoms with van der Waals surface area (Å²) >= 11 is 0. The van der Waals surface area contributed by atoms with E-state index >= 15 is 0 Å². The fraction of sp³-hybridized carbons (Fsp3) is 0.938. The van der Waals surface area contributed by atoms with Gasteiger partial charge in [-0.3, -0.25) is 9.89 Å². The van der Waals surface area contributed by atoms with E-state index in [0.29, 0.717) is 25.5 Å². The molecule has 5 nitrogen and oxygen atoms in total. The maximum Gasteiger partial charge on any atom is 0.401 e. The Labute approximate surface area is 142 Å². The Morgan fingerprint density at radius 3 is 2.42 bits per heavy atom. The lowest BCUT2D eigenvalue weighted by Crippen LogP contribution is -2.47. The van der Waals surface area contributed by atoms with Gasteiger partial charge in [-0.1, -0.05) is 6.92 Å². The number of halogens is 3. The molecule has 2 aliphatic rings. The minimum Gasteiger partial charge on any atom is -0.355 e. The van der Waals surface area contributed by atoms with Gasteiger partial charge >= 0.3 is 6.18 Å². The molecule has 24 heavy (non-hydrogen) atoms. The van der Waals surface area contributed by atoms with Gasteiger partial charge in [0.2, 0.25) is 0 Å². The van der Waals surface area contributed by atoms with Crippen LogP contribution in [0.4, 0.5) is 13.2 Å². The van der Waals surface area contributed by atoms with Crippen molar-refractivity contribution in [1.82, 2.24) is 20.4 Å². The van der Waals surface area contributed by atoms with Gasteiger partial charge in [0, 0.05) is 39.3 Å². The Bertz CT molecular complexity index is 405. The molecule has 0 bridgehead atoms. The predicted octanol–water partition coefficient (Wildman–Crippen LogP) is 1.52. The van der Waals surface area contributed by atoms with Crippen LogP contribution in [0.25, 0.3) is 0 Å². The highest BCUT2D eigenvalue weighted by Gasteiger charge is 2.34. The number of likely N-dealkylation sites (tertiary alicyclic amines) is 2. The Morgan fingerprint density at radius 1 is 1.12 bits per heavy atom. The average Bonchev–Trinajstić information content (AvgIpc) is 2.93. The molecule has 0 aromatic heterocycles. The predicted molar refractivity (Wildman–Crippen MR) is 90.2 cm³/mol. The Morgan fingerprint density at radius 2 is 1.79 bits per heavy atom. The first-order valence-corrected chi connectivity index (χ1v) is 8.84. The van der Waals surface area contributed by atoms with E-state index in [1.54, 1.807) is 7.05 Å². The van der Waals surface area contributed by atoms with E-state index in [4.69, 9.17) is 0 Å². The fourth-order valence-electron chi connectivity index (χ4n) is 3.35. The van der Waals surface area contributed by atoms with Crippen LogP contribution in [0.5, 0.6) is 0 Å². The molecule has 1 atom stereocenters. The number of aliphatic imine (C=N–C) groups is 1. The third kappa shape index (κ3) is 6.84. The first kappa shape index (κ1) is 19.3. The second-order valence-corrected chi connectivity index (χ2v) is 7.00. The highest BCUT2D eigenvalue weighted by atomic mass is 19.4. The van der Waals surface area contributed by atoms with Crippen molar-refractivity contribution >= 4 is 5.96 Å². The molecule has 2 rings (SSSR count). The summed E-state index contributed by atoms with van der Waals surface area (Å²) in [5.74, 6) is 1.50. The molecule has 0 saturated carbocycles. The topological polar surface area (TPSA) is 42.9 Å². The number of guanidine groups is 1. The molecule has 0 amide bonds. The van der Waals surface area contributed by atoms with E-state index in [-0.39, 0.29) is 6.04 Å². The van der Waals surface area contributed by atoms with Gasteiger partial charge in [-0.2, -0.15) is 13.2 Å². The number of nitrogens with one attached hydrogen (secondary N) is 2. The van der Waals surface area contributed by atoms with Crippen molar-refractivity contribution in [3.8, 4) is 0 Å². The van der Waals surface area contributed by atoms with Crippen molar-refractivity contribution in [2.75, 3.05) is 52.9 Å². The van der Waals surface area contributed by atoms with E-state index in [0.717, 1.165) is 32.1 Å². The molecular weight excluding hydrogens is 319 g/mol. The van der Waals surface area contributed by atoms with Crippen LogP contribution in [0.3, 0.4) is 0 Å². The largest absolute Gasteiger partial charge is 0.401 e. The van der Waals surface area contributed by atoms with Gasteiger partial charge in [0.1, 0.15) is 0 Å². The second-order valence-electron chi connectivity index (χ2n) is 7.00. The highest BCUT2D eigenvalue weighted by Crippen LogP contribution is 2.20. The van der Waals surface area contributed by atoms with E-state index < -0.39 is 12.7 Å². The summed E-state index contributed by atoms with van der Waals surface area (Å²) in [6, 6.07) is 0.0226. The molecule has 2 aliphatic heterocycles. The SMILES string of the molecule is CN=C(NCCN1CCC(C)CC1)NC1CCN(CC(F)(F)F)C1. The Hall–Kier alpha value is -1.02. The fourth-order valence-corrected chi connectivity index (χ4v) is 3.35. The lowest BCUT2D eigenvalue weighted by molar-refractivity contribution is -0.143. The smallest absolute Gasteiger partial charge is 0.355 e. The number of hydrogen-bond acceptors (Lipinski definition) is 3. The summed E-state index contributed by atoms with van der Waals surface area (Å²) in [6.07, 6.45) is -0.907. The number of piperidine rings is 1. The third-order valence-corrected chi connectivity index (χ3v) is 4.84. The minimum atomic E-state index is -4.12. The standard InChI is InChI=1S/C16H30F3N5/c1-13-3-7-23(8-4-13)10-6-21-15(20-2)22-14-5-9-24(11-14)12-16(17,18)19/h13-14H,3-12H2,1-2H3,(H2,20,21,22). The van der Waals surface area contributed by atoms with E-state index in [2.05, 4.69) is 27.4 Å². The molecule has 140 valence electrons. The first-order valence-electron chi connectivity index (χ1n) is 8.84. The van der Waals surface area contributed by atoms with Gasteiger partial charge in [-0.05, 0) is 38.3 Å². The normalized spacial score (nSPS) is 25.2. The molecule has 0 aliphatic carbocycles. The molecule has 8 heteroatoms. The summed E-state index contributed by atoms with van der Waals surface area (Å²) in [4.78, 5) is 8.07. The van der Waals surface area contributed by atoms with Gasteiger partial charge in [0.15, 0.2) is 5.96 Å². The summed E-state index contributed by atoms with van der Waals surface area (Å²) in [6.45, 7) is 6.40. The molecule has 1 unspecified atom stereocenters. The summed E-state index contributed by atoms with van der Waals surface area (Å²) in [7, 11) is 1.69. The third-order valence-electron chi connectivity index (χ3n) is 4.84. The summed E-state index contributed by atoms with van der Waals surface area (Å²) in [5, 5.41) is 6.51. The van der Waals surface area contributed by atoms with Gasteiger partial charge in [-0.25, -0.2) is 0 Å². The van der Waals surface area contributed by atoms with Gasteiger partial charge in [0.05, 0.1) is 6.54 Å². The quantitative estimate of drug-likeness (QED) is 0.583. The average molecular weight is 349 g/mol. The summed E-state index contributed by atoms with van der Waals surface area (Å²) < 4.78 is 37.3. The van der Waals surface area contributed by atoms with Crippen LogP contribution in [-0.4, -0.2) is 80.8 Å². The van der Waals surface area contributed by atoms with Crippen molar-refractivity contribution in [2.24, 2.45) is 10.9 Å².